The monoisotopic (exact) mass is 378 g/mol. The number of nitrogens with zero attached hydrogens (tertiary/aromatic N) is 2. The first-order chi connectivity index (χ1) is 13.5. The molecule has 1 amide bonds. The van der Waals surface area contributed by atoms with Gasteiger partial charge in [-0.3, -0.25) is 9.48 Å². The van der Waals surface area contributed by atoms with Crippen molar-refractivity contribution in [3.63, 3.8) is 0 Å². The van der Waals surface area contributed by atoms with E-state index in [1.54, 1.807) is 53.3 Å². The van der Waals surface area contributed by atoms with Gasteiger partial charge in [0.25, 0.3) is 5.91 Å². The third-order valence-corrected chi connectivity index (χ3v) is 4.35. The van der Waals surface area contributed by atoms with E-state index in [1.165, 1.54) is 6.07 Å². The lowest BCUT2D eigenvalue weighted by atomic mass is 10.1. The van der Waals surface area contributed by atoms with Crippen molar-refractivity contribution < 1.29 is 13.6 Å². The maximum atomic E-state index is 13.4. The number of nitrogens with two attached hydrogens (primary N) is 1. The number of carbonyl (C=O) groups excluding carboxylic acids is 1. The smallest absolute Gasteiger partial charge is 0.255 e. The zero-order valence-electron chi connectivity index (χ0n) is 14.7. The lowest BCUT2D eigenvalue weighted by molar-refractivity contribution is 0.102. The number of amides is 1. The Bertz CT molecular complexity index is 1190. The first-order valence-corrected chi connectivity index (χ1v) is 8.56. The van der Waals surface area contributed by atoms with E-state index in [4.69, 9.17) is 5.73 Å². The van der Waals surface area contributed by atoms with Gasteiger partial charge in [-0.05, 0) is 48.0 Å². The number of carbonyl (C=O) groups is 1. The standard InChI is InChI=1S/C21H16F2N4O/c22-16-7-5-13(9-17(16)23)11-27-12-15-10-14(6-8-19(15)26-27)21(28)25-20-4-2-1-3-18(20)24/h1-10,12H,11,24H2,(H,25,28). The molecule has 0 spiro atoms. The molecule has 0 saturated heterocycles. The van der Waals surface area contributed by atoms with Crippen LogP contribution in [0.1, 0.15) is 15.9 Å². The van der Waals surface area contributed by atoms with Gasteiger partial charge in [0.05, 0.1) is 23.4 Å². The number of anilines is 2. The summed E-state index contributed by atoms with van der Waals surface area (Å²) in [5, 5.41) is 7.95. The van der Waals surface area contributed by atoms with E-state index >= 15 is 0 Å². The second-order valence-electron chi connectivity index (χ2n) is 6.39. The van der Waals surface area contributed by atoms with Crippen molar-refractivity contribution in [2.75, 3.05) is 11.1 Å². The summed E-state index contributed by atoms with van der Waals surface area (Å²) in [6.07, 6.45) is 1.75. The van der Waals surface area contributed by atoms with Crippen LogP contribution in [0.15, 0.2) is 66.9 Å². The minimum Gasteiger partial charge on any atom is -0.397 e. The first-order valence-electron chi connectivity index (χ1n) is 8.56. The molecule has 7 heteroatoms. The van der Waals surface area contributed by atoms with Crippen LogP contribution in [-0.2, 0) is 6.54 Å². The van der Waals surface area contributed by atoms with Crippen LogP contribution in [0.2, 0.25) is 0 Å². The number of para-hydroxylation sites is 2. The minimum absolute atomic E-state index is 0.284. The van der Waals surface area contributed by atoms with Crippen LogP contribution in [0.4, 0.5) is 20.2 Å². The number of hydrogen-bond acceptors (Lipinski definition) is 3. The Kier molecular flexibility index (Phi) is 4.49. The summed E-state index contributed by atoms with van der Waals surface area (Å²) in [5.74, 6) is -2.06. The Balaban J connectivity index is 1.56. The molecule has 0 saturated carbocycles. The van der Waals surface area contributed by atoms with E-state index in [0.717, 1.165) is 17.5 Å². The number of hydrogen-bond donors (Lipinski definition) is 2. The topological polar surface area (TPSA) is 72.9 Å². The van der Waals surface area contributed by atoms with Gasteiger partial charge in [-0.15, -0.1) is 0 Å². The highest BCUT2D eigenvalue weighted by molar-refractivity contribution is 6.07. The van der Waals surface area contributed by atoms with Crippen LogP contribution < -0.4 is 11.1 Å². The highest BCUT2D eigenvalue weighted by atomic mass is 19.2. The van der Waals surface area contributed by atoms with Crippen LogP contribution in [0, 0.1) is 11.6 Å². The fraction of sp³-hybridized carbons (Fsp3) is 0.0476. The van der Waals surface area contributed by atoms with E-state index in [0.29, 0.717) is 28.0 Å². The number of fused-ring (bicyclic) bond motifs is 1. The Hall–Kier alpha value is -3.74. The summed E-state index contributed by atoms with van der Waals surface area (Å²) in [6.45, 7) is 0.286. The van der Waals surface area contributed by atoms with Crippen molar-refractivity contribution in [3.05, 3.63) is 89.6 Å². The minimum atomic E-state index is -0.895. The maximum Gasteiger partial charge on any atom is 0.255 e. The number of rotatable bonds is 4. The van der Waals surface area contributed by atoms with E-state index in [-0.39, 0.29) is 12.5 Å². The summed E-state index contributed by atoms with van der Waals surface area (Å²) in [5.41, 5.74) is 8.62. The molecule has 0 aliphatic carbocycles. The Morgan fingerprint density at radius 2 is 1.86 bits per heavy atom. The van der Waals surface area contributed by atoms with Gasteiger partial charge in [-0.2, -0.15) is 5.10 Å². The molecule has 1 heterocycles. The summed E-state index contributed by atoms with van der Waals surface area (Å²) in [7, 11) is 0. The van der Waals surface area contributed by atoms with Crippen molar-refractivity contribution in [1.29, 1.82) is 0 Å². The predicted octanol–water partition coefficient (Wildman–Crippen LogP) is 4.20. The Labute approximate surface area is 159 Å². The van der Waals surface area contributed by atoms with Gasteiger partial charge >= 0.3 is 0 Å². The number of halogens is 2. The molecule has 5 nitrogen and oxygen atoms in total. The maximum absolute atomic E-state index is 13.4. The van der Waals surface area contributed by atoms with E-state index in [1.807, 2.05) is 0 Å². The van der Waals surface area contributed by atoms with Crippen molar-refractivity contribution in [2.24, 2.45) is 0 Å². The summed E-state index contributed by atoms with van der Waals surface area (Å²) < 4.78 is 28.1. The first kappa shape index (κ1) is 17.7. The SMILES string of the molecule is Nc1ccccc1NC(=O)c1ccc2nn(Cc3ccc(F)c(F)c3)cc2c1. The van der Waals surface area contributed by atoms with Gasteiger partial charge in [0, 0.05) is 17.1 Å². The third kappa shape index (κ3) is 3.55. The Morgan fingerprint density at radius 3 is 2.64 bits per heavy atom. The van der Waals surface area contributed by atoms with Crippen molar-refractivity contribution in [1.82, 2.24) is 9.78 Å². The quantitative estimate of drug-likeness (QED) is 0.523. The molecule has 140 valence electrons. The van der Waals surface area contributed by atoms with Crippen LogP contribution in [0.5, 0.6) is 0 Å². The zero-order valence-corrected chi connectivity index (χ0v) is 14.7. The lowest BCUT2D eigenvalue weighted by Gasteiger charge is -2.07. The molecule has 4 rings (SSSR count). The van der Waals surface area contributed by atoms with Crippen molar-refractivity contribution in [2.45, 2.75) is 6.54 Å². The fourth-order valence-electron chi connectivity index (χ4n) is 2.93. The zero-order chi connectivity index (χ0) is 19.7. The second kappa shape index (κ2) is 7.11. The summed E-state index contributed by atoms with van der Waals surface area (Å²) in [6, 6.07) is 15.9. The molecule has 0 unspecified atom stereocenters. The second-order valence-corrected chi connectivity index (χ2v) is 6.39. The summed E-state index contributed by atoms with van der Waals surface area (Å²) >= 11 is 0. The van der Waals surface area contributed by atoms with E-state index in [2.05, 4.69) is 10.4 Å². The van der Waals surface area contributed by atoms with Gasteiger partial charge < -0.3 is 11.1 Å². The van der Waals surface area contributed by atoms with Crippen molar-refractivity contribution >= 4 is 28.2 Å². The average Bonchev–Trinajstić information content (AvgIpc) is 3.08. The van der Waals surface area contributed by atoms with E-state index < -0.39 is 11.6 Å². The normalized spacial score (nSPS) is 10.9. The highest BCUT2D eigenvalue weighted by Crippen LogP contribution is 2.20. The molecule has 28 heavy (non-hydrogen) atoms. The number of benzene rings is 3. The molecule has 1 aromatic heterocycles. The predicted molar refractivity (Wildman–Crippen MR) is 104 cm³/mol. The molecule has 0 bridgehead atoms. The lowest BCUT2D eigenvalue weighted by Crippen LogP contribution is -2.12. The summed E-state index contributed by atoms with van der Waals surface area (Å²) in [4.78, 5) is 12.5. The van der Waals surface area contributed by atoms with Gasteiger partial charge in [-0.1, -0.05) is 18.2 Å². The van der Waals surface area contributed by atoms with Crippen molar-refractivity contribution in [3.8, 4) is 0 Å². The molecule has 0 atom stereocenters. The van der Waals surface area contributed by atoms with Gasteiger partial charge in [-0.25, -0.2) is 8.78 Å². The number of aromatic nitrogens is 2. The van der Waals surface area contributed by atoms with Gasteiger partial charge in [0.1, 0.15) is 0 Å². The molecule has 0 radical (unpaired) electrons. The molecular weight excluding hydrogens is 362 g/mol. The number of nitrogens with one attached hydrogen (secondary N) is 1. The van der Waals surface area contributed by atoms with Crippen LogP contribution in [0.25, 0.3) is 10.9 Å². The van der Waals surface area contributed by atoms with Crippen LogP contribution >= 0.6 is 0 Å². The fourth-order valence-corrected chi connectivity index (χ4v) is 2.93. The molecule has 0 aliphatic heterocycles. The Morgan fingerprint density at radius 1 is 1.04 bits per heavy atom. The highest BCUT2D eigenvalue weighted by Gasteiger charge is 2.11. The molecule has 0 aliphatic rings. The average molecular weight is 378 g/mol. The van der Waals surface area contributed by atoms with Crippen LogP contribution in [0.3, 0.4) is 0 Å². The molecule has 0 fully saturated rings. The van der Waals surface area contributed by atoms with Gasteiger partial charge in [0.15, 0.2) is 11.6 Å². The van der Waals surface area contributed by atoms with E-state index in [9.17, 15) is 13.6 Å². The number of nitrogen functional groups attached to an aromatic ring is 1. The largest absolute Gasteiger partial charge is 0.397 e. The molecule has 3 N–H and O–H groups in total. The molecule has 4 aromatic rings. The third-order valence-electron chi connectivity index (χ3n) is 4.35. The molecular formula is C21H16F2N4O. The van der Waals surface area contributed by atoms with Crippen LogP contribution in [-0.4, -0.2) is 15.7 Å². The van der Waals surface area contributed by atoms with Gasteiger partial charge in [0.2, 0.25) is 0 Å². The molecule has 3 aromatic carbocycles.